The Morgan fingerprint density at radius 2 is 1.81 bits per heavy atom. The largest absolute Gasteiger partial charge is 0.506 e. The van der Waals surface area contributed by atoms with Crippen molar-refractivity contribution in [2.45, 2.75) is 37.8 Å². The minimum Gasteiger partial charge on any atom is -0.506 e. The zero-order chi connectivity index (χ0) is 22.4. The molecule has 1 amide bonds. The second-order valence-corrected chi connectivity index (χ2v) is 8.77. The number of fused-ring (bicyclic) bond motifs is 1. The zero-order valence-electron chi connectivity index (χ0n) is 18.0. The molecule has 0 saturated carbocycles. The second kappa shape index (κ2) is 8.22. The van der Waals surface area contributed by atoms with E-state index in [0.29, 0.717) is 26.3 Å². The molecule has 2 saturated heterocycles. The van der Waals surface area contributed by atoms with Crippen molar-refractivity contribution < 1.29 is 24.1 Å². The van der Waals surface area contributed by atoms with E-state index in [4.69, 9.17) is 4.74 Å². The van der Waals surface area contributed by atoms with E-state index < -0.39 is 6.10 Å². The number of aromatic nitrogens is 1. The molecule has 32 heavy (non-hydrogen) atoms. The Bertz CT molecular complexity index is 1140. The van der Waals surface area contributed by atoms with Gasteiger partial charge in [0, 0.05) is 48.9 Å². The number of halogens is 1. The summed E-state index contributed by atoms with van der Waals surface area (Å²) in [6.45, 7) is 3.76. The van der Waals surface area contributed by atoms with Crippen LogP contribution < -0.4 is 0 Å². The van der Waals surface area contributed by atoms with Gasteiger partial charge in [-0.05, 0) is 43.5 Å². The van der Waals surface area contributed by atoms with Crippen LogP contribution in [0.25, 0.3) is 22.0 Å². The van der Waals surface area contributed by atoms with Gasteiger partial charge in [-0.1, -0.05) is 24.3 Å². The van der Waals surface area contributed by atoms with Crippen LogP contribution in [0.5, 0.6) is 5.75 Å². The summed E-state index contributed by atoms with van der Waals surface area (Å²) in [5.74, 6) is -0.172. The van der Waals surface area contributed by atoms with Gasteiger partial charge < -0.3 is 24.4 Å². The van der Waals surface area contributed by atoms with Gasteiger partial charge in [0.15, 0.2) is 0 Å². The van der Waals surface area contributed by atoms with E-state index in [9.17, 15) is 19.4 Å². The van der Waals surface area contributed by atoms with Gasteiger partial charge >= 0.3 is 0 Å². The summed E-state index contributed by atoms with van der Waals surface area (Å²) in [7, 11) is 0. The number of para-hydroxylation sites is 1. The number of hydrogen-bond acceptors (Lipinski definition) is 4. The fourth-order valence-corrected chi connectivity index (χ4v) is 5.10. The van der Waals surface area contributed by atoms with E-state index in [1.807, 2.05) is 12.1 Å². The van der Waals surface area contributed by atoms with E-state index in [-0.39, 0.29) is 29.4 Å². The molecule has 2 N–H and O–H groups in total. The first-order valence-corrected chi connectivity index (χ1v) is 11.1. The van der Waals surface area contributed by atoms with Gasteiger partial charge in [-0.3, -0.25) is 4.79 Å². The van der Waals surface area contributed by atoms with Crippen molar-refractivity contribution in [1.29, 1.82) is 0 Å². The number of aromatic hydroxyl groups is 1. The fraction of sp³-hybridized carbons (Fsp3) is 0.400. The van der Waals surface area contributed by atoms with Gasteiger partial charge in [-0.25, -0.2) is 4.39 Å². The van der Waals surface area contributed by atoms with E-state index in [1.165, 1.54) is 19.1 Å². The lowest BCUT2D eigenvalue weighted by atomic mass is 9.89. The van der Waals surface area contributed by atoms with E-state index in [1.54, 1.807) is 23.1 Å². The van der Waals surface area contributed by atoms with Crippen molar-refractivity contribution in [3.63, 3.8) is 0 Å². The number of hydrogen-bond donors (Lipinski definition) is 2. The minimum absolute atomic E-state index is 0.0134. The number of phenolic OH excluding ortho intramolecular Hbond substituents is 1. The highest BCUT2D eigenvalue weighted by Gasteiger charge is 2.38. The van der Waals surface area contributed by atoms with Crippen molar-refractivity contribution in [3.8, 4) is 16.9 Å². The van der Waals surface area contributed by atoms with Gasteiger partial charge in [0.1, 0.15) is 17.7 Å². The van der Waals surface area contributed by atoms with Crippen LogP contribution in [-0.2, 0) is 9.53 Å². The monoisotopic (exact) mass is 438 g/mol. The minimum atomic E-state index is -1.03. The molecule has 168 valence electrons. The molecule has 6 nitrogen and oxygen atoms in total. The number of carbonyl (C=O) groups excluding carboxylic acids is 1. The van der Waals surface area contributed by atoms with Gasteiger partial charge in [0.05, 0.1) is 11.6 Å². The normalized spacial score (nSPS) is 18.7. The quantitative estimate of drug-likeness (QED) is 0.650. The lowest BCUT2D eigenvalue weighted by Gasteiger charge is -2.42. The molecule has 0 spiro atoms. The Balaban J connectivity index is 1.70. The molecule has 1 unspecified atom stereocenters. The zero-order valence-corrected chi connectivity index (χ0v) is 18.0. The molecule has 3 aromatic rings. The number of nitrogens with zero attached hydrogens (tertiary/aromatic N) is 2. The highest BCUT2D eigenvalue weighted by atomic mass is 19.1. The van der Waals surface area contributed by atoms with E-state index in [2.05, 4.69) is 4.57 Å². The fourth-order valence-electron chi connectivity index (χ4n) is 5.10. The maximum Gasteiger partial charge on any atom is 0.251 e. The SMILES string of the molecule is CC(O)C(=O)N1CC(n2c(C3CCOCC3)c(-c3ccc(F)cc3)c3cccc(O)c32)C1. The van der Waals surface area contributed by atoms with Gasteiger partial charge in [0.25, 0.3) is 5.91 Å². The number of aliphatic hydroxyl groups excluding tert-OH is 1. The van der Waals surface area contributed by atoms with Crippen molar-refractivity contribution >= 4 is 16.8 Å². The van der Waals surface area contributed by atoms with Crippen molar-refractivity contribution in [1.82, 2.24) is 9.47 Å². The molecule has 2 aliphatic rings. The summed E-state index contributed by atoms with van der Waals surface area (Å²) in [6.07, 6.45) is 0.679. The predicted molar refractivity (Wildman–Crippen MR) is 119 cm³/mol. The summed E-state index contributed by atoms with van der Waals surface area (Å²) in [6, 6.07) is 12.0. The molecule has 2 fully saturated rings. The number of aliphatic hydroxyl groups is 1. The number of rotatable bonds is 4. The summed E-state index contributed by atoms with van der Waals surface area (Å²) >= 11 is 0. The van der Waals surface area contributed by atoms with E-state index >= 15 is 0 Å². The molecular formula is C25H27FN2O4. The Hall–Kier alpha value is -2.90. The topological polar surface area (TPSA) is 74.9 Å². The van der Waals surface area contributed by atoms with Crippen LogP contribution in [0, 0.1) is 5.82 Å². The number of phenols is 1. The molecule has 3 heterocycles. The van der Waals surface area contributed by atoms with Crippen LogP contribution in [0.3, 0.4) is 0 Å². The van der Waals surface area contributed by atoms with Gasteiger partial charge in [-0.15, -0.1) is 0 Å². The van der Waals surface area contributed by atoms with Crippen LogP contribution in [0.2, 0.25) is 0 Å². The molecule has 2 aromatic carbocycles. The van der Waals surface area contributed by atoms with E-state index in [0.717, 1.165) is 40.6 Å². The predicted octanol–water partition coefficient (Wildman–Crippen LogP) is 3.81. The highest BCUT2D eigenvalue weighted by Crippen LogP contribution is 2.47. The first-order chi connectivity index (χ1) is 15.5. The van der Waals surface area contributed by atoms with Gasteiger partial charge in [0.2, 0.25) is 0 Å². The standard InChI is InChI=1S/C25H27FN2O4/c1-15(29)25(31)27-13-19(14-27)28-23(17-9-11-32-12-10-17)22(16-5-7-18(26)8-6-16)20-3-2-4-21(30)24(20)28/h2-8,15,17,19,29-30H,9-14H2,1H3. The maximum atomic E-state index is 13.7. The molecule has 7 heteroatoms. The van der Waals surface area contributed by atoms with Crippen LogP contribution in [0.1, 0.15) is 37.4 Å². The Labute approximate surface area is 185 Å². The third-order valence-corrected chi connectivity index (χ3v) is 6.68. The number of ether oxygens (including phenoxy) is 1. The first-order valence-electron chi connectivity index (χ1n) is 11.1. The molecule has 0 radical (unpaired) electrons. The maximum absolute atomic E-state index is 13.7. The number of carbonyl (C=O) groups is 1. The van der Waals surface area contributed by atoms with Crippen LogP contribution in [0.4, 0.5) is 4.39 Å². The Morgan fingerprint density at radius 1 is 1.12 bits per heavy atom. The Morgan fingerprint density at radius 3 is 2.47 bits per heavy atom. The molecule has 2 aliphatic heterocycles. The smallest absolute Gasteiger partial charge is 0.251 e. The Kier molecular flexibility index (Phi) is 5.39. The molecule has 0 aliphatic carbocycles. The molecule has 1 atom stereocenters. The average molecular weight is 438 g/mol. The summed E-state index contributed by atoms with van der Waals surface area (Å²) in [4.78, 5) is 13.9. The third-order valence-electron chi connectivity index (χ3n) is 6.68. The van der Waals surface area contributed by atoms with Crippen molar-refractivity contribution in [3.05, 3.63) is 54.0 Å². The van der Waals surface area contributed by atoms with Crippen molar-refractivity contribution in [2.75, 3.05) is 26.3 Å². The summed E-state index contributed by atoms with van der Waals surface area (Å²) in [5.41, 5.74) is 3.74. The molecular weight excluding hydrogens is 411 g/mol. The number of amides is 1. The molecule has 1 aromatic heterocycles. The molecule has 0 bridgehead atoms. The third kappa shape index (κ3) is 3.45. The van der Waals surface area contributed by atoms with Crippen LogP contribution in [0.15, 0.2) is 42.5 Å². The lowest BCUT2D eigenvalue weighted by Crippen LogP contribution is -2.53. The lowest BCUT2D eigenvalue weighted by molar-refractivity contribution is -0.145. The van der Waals surface area contributed by atoms with Gasteiger partial charge in [-0.2, -0.15) is 0 Å². The van der Waals surface area contributed by atoms with Crippen LogP contribution >= 0.6 is 0 Å². The average Bonchev–Trinajstić information content (AvgIpc) is 3.10. The summed E-state index contributed by atoms with van der Waals surface area (Å²) < 4.78 is 21.5. The first kappa shape index (κ1) is 21.0. The number of benzene rings is 2. The highest BCUT2D eigenvalue weighted by molar-refractivity contribution is 6.01. The van der Waals surface area contributed by atoms with Crippen LogP contribution in [-0.4, -0.2) is 58.0 Å². The molecule has 5 rings (SSSR count). The number of likely N-dealkylation sites (tertiary alicyclic amines) is 1. The van der Waals surface area contributed by atoms with Crippen molar-refractivity contribution in [2.24, 2.45) is 0 Å². The summed E-state index contributed by atoms with van der Waals surface area (Å²) in [5, 5.41) is 21.5. The second-order valence-electron chi connectivity index (χ2n) is 8.77.